The number of rotatable bonds is 6. The number of para-hydroxylation sites is 1. The van der Waals surface area contributed by atoms with E-state index in [0.717, 1.165) is 12.1 Å². The first-order valence-electron chi connectivity index (χ1n) is 7.60. The monoisotopic (exact) mass is 378 g/mol. The Morgan fingerprint density at radius 2 is 1.96 bits per heavy atom. The molecule has 0 spiro atoms. The Morgan fingerprint density at radius 1 is 1.24 bits per heavy atom. The van der Waals surface area contributed by atoms with Crippen LogP contribution in [-0.2, 0) is 6.54 Å². The van der Waals surface area contributed by atoms with Crippen LogP contribution in [0.4, 0.5) is 11.6 Å². The number of imidazole rings is 1. The summed E-state index contributed by atoms with van der Waals surface area (Å²) >= 11 is 12.5. The van der Waals surface area contributed by atoms with E-state index in [-0.39, 0.29) is 5.56 Å². The Morgan fingerprint density at radius 3 is 2.60 bits per heavy atom. The van der Waals surface area contributed by atoms with Crippen molar-refractivity contribution in [3.8, 4) is 0 Å². The van der Waals surface area contributed by atoms with Gasteiger partial charge in [-0.05, 0) is 37.4 Å². The maximum absolute atomic E-state index is 11.2. The summed E-state index contributed by atoms with van der Waals surface area (Å²) in [5, 5.41) is 16.4. The van der Waals surface area contributed by atoms with Gasteiger partial charge in [0.05, 0.1) is 32.3 Å². The Kier molecular flexibility index (Phi) is 5.13. The molecule has 25 heavy (non-hydrogen) atoms. The molecule has 0 saturated carbocycles. The van der Waals surface area contributed by atoms with Crippen LogP contribution in [0.1, 0.15) is 10.4 Å². The van der Waals surface area contributed by atoms with E-state index >= 15 is 0 Å². The number of carboxylic acid groups (broad SMARTS) is 1. The van der Waals surface area contributed by atoms with Crippen molar-refractivity contribution >= 4 is 51.8 Å². The summed E-state index contributed by atoms with van der Waals surface area (Å²) in [5.74, 6) is -0.446. The third-order valence-electron chi connectivity index (χ3n) is 3.78. The van der Waals surface area contributed by atoms with Crippen LogP contribution >= 0.6 is 23.2 Å². The normalized spacial score (nSPS) is 11.0. The van der Waals surface area contributed by atoms with Gasteiger partial charge in [-0.1, -0.05) is 29.3 Å². The van der Waals surface area contributed by atoms with Crippen molar-refractivity contribution in [3.63, 3.8) is 0 Å². The fourth-order valence-corrected chi connectivity index (χ4v) is 3.03. The first-order chi connectivity index (χ1) is 12.0. The van der Waals surface area contributed by atoms with Crippen molar-refractivity contribution < 1.29 is 9.90 Å². The molecule has 0 atom stereocenters. The summed E-state index contributed by atoms with van der Waals surface area (Å²) in [6.45, 7) is 1.36. The van der Waals surface area contributed by atoms with Gasteiger partial charge in [0.25, 0.3) is 0 Å². The van der Waals surface area contributed by atoms with Gasteiger partial charge in [0.1, 0.15) is 0 Å². The van der Waals surface area contributed by atoms with Crippen LogP contribution in [0, 0.1) is 0 Å². The highest BCUT2D eigenvalue weighted by Crippen LogP contribution is 2.33. The van der Waals surface area contributed by atoms with Crippen LogP contribution in [-0.4, -0.2) is 34.2 Å². The number of aromatic carboxylic acids is 1. The third kappa shape index (κ3) is 3.56. The highest BCUT2D eigenvalue weighted by molar-refractivity contribution is 6.39. The van der Waals surface area contributed by atoms with Crippen LogP contribution in [0.25, 0.3) is 11.0 Å². The number of anilines is 2. The molecule has 3 rings (SSSR count). The fourth-order valence-electron chi connectivity index (χ4n) is 2.54. The van der Waals surface area contributed by atoms with Crippen LogP contribution in [0.2, 0.25) is 10.0 Å². The van der Waals surface area contributed by atoms with Crippen molar-refractivity contribution in [2.45, 2.75) is 6.54 Å². The standard InChI is InChI=1S/C17H16Cl2N4O2/c1-20-7-8-23-14-6-5-10(16(24)25)9-13(14)21-17(23)22-15-11(18)3-2-4-12(15)19/h2-6,9,20H,7-8H2,1H3,(H,21,22)(H,24,25). The van der Waals surface area contributed by atoms with Gasteiger partial charge in [0.2, 0.25) is 5.95 Å². The summed E-state index contributed by atoms with van der Waals surface area (Å²) in [7, 11) is 1.86. The number of benzene rings is 2. The van der Waals surface area contributed by atoms with Gasteiger partial charge in [-0.25, -0.2) is 9.78 Å². The summed E-state index contributed by atoms with van der Waals surface area (Å²) < 4.78 is 1.96. The number of halogens is 2. The molecule has 1 aromatic heterocycles. The van der Waals surface area contributed by atoms with Gasteiger partial charge in [-0.2, -0.15) is 0 Å². The van der Waals surface area contributed by atoms with Crippen LogP contribution < -0.4 is 10.6 Å². The van der Waals surface area contributed by atoms with Crippen molar-refractivity contribution in [2.75, 3.05) is 18.9 Å². The Balaban J connectivity index is 2.10. The molecule has 0 bridgehead atoms. The van der Waals surface area contributed by atoms with E-state index in [4.69, 9.17) is 23.2 Å². The van der Waals surface area contributed by atoms with Gasteiger partial charge < -0.3 is 20.3 Å². The number of carbonyl (C=O) groups is 1. The SMILES string of the molecule is CNCCn1c(Nc2c(Cl)cccc2Cl)nc2cc(C(=O)O)ccc21. The quantitative estimate of drug-likeness (QED) is 0.603. The highest BCUT2D eigenvalue weighted by atomic mass is 35.5. The molecule has 0 radical (unpaired) electrons. The summed E-state index contributed by atoms with van der Waals surface area (Å²) in [6, 6.07) is 10.1. The second kappa shape index (κ2) is 7.31. The van der Waals surface area contributed by atoms with E-state index in [9.17, 15) is 9.90 Å². The first-order valence-corrected chi connectivity index (χ1v) is 8.36. The number of nitrogens with one attached hydrogen (secondary N) is 2. The largest absolute Gasteiger partial charge is 0.478 e. The Labute approximate surface area is 154 Å². The maximum atomic E-state index is 11.2. The number of fused-ring (bicyclic) bond motifs is 1. The highest BCUT2D eigenvalue weighted by Gasteiger charge is 2.15. The Bertz CT molecular complexity index is 920. The predicted octanol–water partition coefficient (Wildman–Crippen LogP) is 4.00. The van der Waals surface area contributed by atoms with E-state index < -0.39 is 5.97 Å². The molecule has 130 valence electrons. The molecule has 0 aliphatic rings. The van der Waals surface area contributed by atoms with Crippen molar-refractivity contribution in [1.29, 1.82) is 0 Å². The molecule has 3 aromatic rings. The topological polar surface area (TPSA) is 79.2 Å². The van der Waals surface area contributed by atoms with E-state index in [2.05, 4.69) is 15.6 Å². The van der Waals surface area contributed by atoms with Crippen LogP contribution in [0.3, 0.4) is 0 Å². The van der Waals surface area contributed by atoms with E-state index in [1.165, 1.54) is 0 Å². The van der Waals surface area contributed by atoms with Crippen molar-refractivity contribution in [3.05, 3.63) is 52.0 Å². The molecule has 8 heteroatoms. The molecule has 0 saturated heterocycles. The minimum atomic E-state index is -0.990. The van der Waals surface area contributed by atoms with Crippen LogP contribution in [0.15, 0.2) is 36.4 Å². The zero-order valence-corrected chi connectivity index (χ0v) is 14.9. The summed E-state index contributed by atoms with van der Waals surface area (Å²) in [6.07, 6.45) is 0. The Hall–Kier alpha value is -2.28. The molecule has 0 unspecified atom stereocenters. The van der Waals surface area contributed by atoms with Crippen molar-refractivity contribution in [2.24, 2.45) is 0 Å². The number of hydrogen-bond donors (Lipinski definition) is 3. The zero-order chi connectivity index (χ0) is 18.0. The molecule has 6 nitrogen and oxygen atoms in total. The van der Waals surface area contributed by atoms with Gasteiger partial charge in [-0.3, -0.25) is 0 Å². The van der Waals surface area contributed by atoms with Crippen LogP contribution in [0.5, 0.6) is 0 Å². The zero-order valence-electron chi connectivity index (χ0n) is 13.4. The summed E-state index contributed by atoms with van der Waals surface area (Å²) in [5.41, 5.74) is 2.16. The second-order valence-electron chi connectivity index (χ2n) is 5.42. The lowest BCUT2D eigenvalue weighted by Gasteiger charge is -2.12. The molecule has 0 aliphatic heterocycles. The van der Waals surface area contributed by atoms with Gasteiger partial charge in [0, 0.05) is 13.1 Å². The van der Waals surface area contributed by atoms with E-state index in [0.29, 0.717) is 33.7 Å². The number of hydrogen-bond acceptors (Lipinski definition) is 4. The molecule has 0 amide bonds. The second-order valence-corrected chi connectivity index (χ2v) is 6.24. The predicted molar refractivity (Wildman–Crippen MR) is 100 cm³/mol. The molecule has 0 aliphatic carbocycles. The van der Waals surface area contributed by atoms with Gasteiger partial charge >= 0.3 is 5.97 Å². The number of nitrogens with zero attached hydrogens (tertiary/aromatic N) is 2. The molecule has 0 fully saturated rings. The molecule has 2 aromatic carbocycles. The average Bonchev–Trinajstić information content (AvgIpc) is 2.92. The van der Waals surface area contributed by atoms with E-state index in [1.54, 1.807) is 36.4 Å². The molecular weight excluding hydrogens is 363 g/mol. The fraction of sp³-hybridized carbons (Fsp3) is 0.176. The number of carboxylic acids is 1. The first kappa shape index (κ1) is 17.5. The van der Waals surface area contributed by atoms with Gasteiger partial charge in [0.15, 0.2) is 0 Å². The van der Waals surface area contributed by atoms with Gasteiger partial charge in [-0.15, -0.1) is 0 Å². The molecule has 1 heterocycles. The summed E-state index contributed by atoms with van der Waals surface area (Å²) in [4.78, 5) is 15.7. The third-order valence-corrected chi connectivity index (χ3v) is 4.41. The van der Waals surface area contributed by atoms with Crippen molar-refractivity contribution in [1.82, 2.24) is 14.9 Å². The number of aromatic nitrogens is 2. The lowest BCUT2D eigenvalue weighted by molar-refractivity contribution is 0.0697. The number of likely N-dealkylation sites (N-methyl/N-ethyl adjacent to an activating group) is 1. The lowest BCUT2D eigenvalue weighted by Crippen LogP contribution is -2.16. The maximum Gasteiger partial charge on any atom is 0.335 e. The van der Waals surface area contributed by atoms with E-state index in [1.807, 2.05) is 11.6 Å². The average molecular weight is 379 g/mol. The molecule has 3 N–H and O–H groups in total. The molecular formula is C17H16Cl2N4O2. The minimum Gasteiger partial charge on any atom is -0.478 e. The smallest absolute Gasteiger partial charge is 0.335 e. The minimum absolute atomic E-state index is 0.188. The lowest BCUT2D eigenvalue weighted by atomic mass is 10.2.